The molecule has 0 aliphatic carbocycles. The van der Waals surface area contributed by atoms with Gasteiger partial charge in [0.05, 0.1) is 11.0 Å². The predicted octanol–water partition coefficient (Wildman–Crippen LogP) is 7.48. The molecule has 3 nitrogen and oxygen atoms in total. The Balaban J connectivity index is 1.84. The van der Waals surface area contributed by atoms with Crippen LogP contribution in [0.5, 0.6) is 0 Å². The third kappa shape index (κ3) is 3.58. The number of nitrogens with two attached hydrogens (primary N) is 1. The van der Waals surface area contributed by atoms with Crippen LogP contribution in [-0.2, 0) is 6.54 Å². The van der Waals surface area contributed by atoms with Gasteiger partial charge in [-0.1, -0.05) is 63.4 Å². The first-order valence-corrected chi connectivity index (χ1v) is 11.4. The summed E-state index contributed by atoms with van der Waals surface area (Å²) in [6.45, 7) is 0.606. The summed E-state index contributed by atoms with van der Waals surface area (Å²) < 4.78 is 3.17. The third-order valence-corrected chi connectivity index (χ3v) is 6.66. The van der Waals surface area contributed by atoms with E-state index in [2.05, 4.69) is 38.7 Å². The number of nitrogens with zero attached hydrogens (tertiary/aromatic N) is 1. The molecule has 0 aliphatic heterocycles. The molecule has 2 N–H and O–H groups in total. The topological polar surface area (TPSA) is 48.0 Å². The van der Waals surface area contributed by atoms with Gasteiger partial charge in [-0.15, -0.1) is 0 Å². The number of aromatic nitrogens is 1. The number of hydrogen-bond donors (Lipinski definition) is 1. The Bertz CT molecular complexity index is 1500. The lowest BCUT2D eigenvalue weighted by atomic mass is 10.0. The highest BCUT2D eigenvalue weighted by molar-refractivity contribution is 9.10. The van der Waals surface area contributed by atoms with E-state index in [0.717, 1.165) is 43.0 Å². The first-order valence-electron chi connectivity index (χ1n) is 9.89. The average molecular weight is 523 g/mol. The maximum atomic E-state index is 12.2. The molecule has 157 valence electrons. The molecular weight excluding hydrogens is 507 g/mol. The Morgan fingerprint density at radius 3 is 2.41 bits per heavy atom. The van der Waals surface area contributed by atoms with Crippen LogP contribution in [0.1, 0.15) is 15.9 Å². The molecule has 5 rings (SSSR count). The van der Waals surface area contributed by atoms with Gasteiger partial charge in [0, 0.05) is 43.0 Å². The van der Waals surface area contributed by atoms with Crippen molar-refractivity contribution in [2.45, 2.75) is 6.54 Å². The molecule has 4 aromatic carbocycles. The van der Waals surface area contributed by atoms with Crippen molar-refractivity contribution in [3.05, 3.63) is 105 Å². The van der Waals surface area contributed by atoms with Gasteiger partial charge in [0.15, 0.2) is 0 Å². The third-order valence-electron chi connectivity index (χ3n) is 5.54. The van der Waals surface area contributed by atoms with Gasteiger partial charge in [-0.2, -0.15) is 0 Å². The first-order chi connectivity index (χ1) is 15.4. The van der Waals surface area contributed by atoms with Crippen LogP contribution in [0.4, 0.5) is 0 Å². The zero-order chi connectivity index (χ0) is 22.4. The van der Waals surface area contributed by atoms with Crippen LogP contribution in [-0.4, -0.2) is 10.5 Å². The van der Waals surface area contributed by atoms with E-state index in [1.807, 2.05) is 54.6 Å². The first kappa shape index (κ1) is 21.1. The molecule has 1 radical (unpaired) electrons. The van der Waals surface area contributed by atoms with Crippen LogP contribution in [0.3, 0.4) is 0 Å². The van der Waals surface area contributed by atoms with Gasteiger partial charge >= 0.3 is 0 Å². The molecule has 0 saturated carbocycles. The van der Waals surface area contributed by atoms with E-state index >= 15 is 0 Å². The molecular formula is C26H16BrCl2N2O. The fourth-order valence-electron chi connectivity index (χ4n) is 4.17. The Morgan fingerprint density at radius 2 is 1.69 bits per heavy atom. The number of fused-ring (bicyclic) bond motifs is 3. The zero-order valence-corrected chi connectivity index (χ0v) is 19.8. The minimum Gasteiger partial charge on any atom is -0.366 e. The fraction of sp³-hybridized carbons (Fsp3) is 0.0385. The van der Waals surface area contributed by atoms with E-state index in [9.17, 15) is 4.79 Å². The normalized spacial score (nSPS) is 11.3. The van der Waals surface area contributed by atoms with Crippen molar-refractivity contribution in [3.8, 4) is 11.1 Å². The van der Waals surface area contributed by atoms with Gasteiger partial charge in [0.25, 0.3) is 0 Å². The number of carbonyl (C=O) groups is 1. The second kappa shape index (κ2) is 8.28. The molecule has 0 bridgehead atoms. The van der Waals surface area contributed by atoms with Crippen molar-refractivity contribution in [1.82, 2.24) is 4.57 Å². The highest BCUT2D eigenvalue weighted by atomic mass is 79.9. The smallest absolute Gasteiger partial charge is 0.249 e. The van der Waals surface area contributed by atoms with Crippen LogP contribution in [0.25, 0.3) is 32.9 Å². The lowest BCUT2D eigenvalue weighted by Crippen LogP contribution is -2.11. The standard InChI is InChI=1S/C26H16BrCl2N2O/c27-17-5-1-4-15(12-17)14-31-22-9-2-6-19(26(30)32)25(22)18-11-10-16(13-23(18)31)24-20(28)7-3-8-21(24)29/h1-10,12-13H,14H2,(H2,30,32). The summed E-state index contributed by atoms with van der Waals surface area (Å²) >= 11 is 16.5. The molecule has 5 aromatic rings. The fourth-order valence-corrected chi connectivity index (χ4v) is 5.23. The number of halogens is 3. The highest BCUT2D eigenvalue weighted by Crippen LogP contribution is 2.39. The zero-order valence-electron chi connectivity index (χ0n) is 16.7. The predicted molar refractivity (Wildman–Crippen MR) is 135 cm³/mol. The molecule has 32 heavy (non-hydrogen) atoms. The quantitative estimate of drug-likeness (QED) is 0.261. The largest absolute Gasteiger partial charge is 0.366 e. The van der Waals surface area contributed by atoms with E-state index in [4.69, 9.17) is 28.9 Å². The van der Waals surface area contributed by atoms with Crippen molar-refractivity contribution in [1.29, 1.82) is 0 Å². The number of benzene rings is 4. The van der Waals surface area contributed by atoms with Crippen LogP contribution < -0.4 is 5.73 Å². The molecule has 0 atom stereocenters. The van der Waals surface area contributed by atoms with Crippen LogP contribution in [0.2, 0.25) is 10.0 Å². The molecule has 0 spiro atoms. The summed E-state index contributed by atoms with van der Waals surface area (Å²) in [5.41, 5.74) is 10.7. The van der Waals surface area contributed by atoms with Crippen molar-refractivity contribution in [3.63, 3.8) is 0 Å². The second-order valence-electron chi connectivity index (χ2n) is 7.53. The van der Waals surface area contributed by atoms with Crippen molar-refractivity contribution in [2.24, 2.45) is 5.73 Å². The summed E-state index contributed by atoms with van der Waals surface area (Å²) in [5.74, 6) is -0.469. The SMILES string of the molecule is NC(=O)c1cccc2c1c1[c]cc(-c3c(Cl)cccc3Cl)cc1n2Cc1cccc(Br)c1. The van der Waals surface area contributed by atoms with Crippen LogP contribution in [0.15, 0.2) is 77.3 Å². The number of hydrogen-bond acceptors (Lipinski definition) is 1. The summed E-state index contributed by atoms with van der Waals surface area (Å²) in [4.78, 5) is 12.2. The maximum Gasteiger partial charge on any atom is 0.249 e. The molecule has 6 heteroatoms. The van der Waals surface area contributed by atoms with Gasteiger partial charge in [-0.05, 0) is 65.7 Å². The van der Waals surface area contributed by atoms with E-state index in [-0.39, 0.29) is 0 Å². The van der Waals surface area contributed by atoms with E-state index in [0.29, 0.717) is 22.2 Å². The summed E-state index contributed by atoms with van der Waals surface area (Å²) in [6, 6.07) is 26.5. The Labute approximate surface area is 203 Å². The molecule has 0 fully saturated rings. The summed E-state index contributed by atoms with van der Waals surface area (Å²) in [5, 5.41) is 2.76. The van der Waals surface area contributed by atoms with Gasteiger partial charge in [0.2, 0.25) is 5.91 Å². The average Bonchev–Trinajstić information content (AvgIpc) is 3.07. The van der Waals surface area contributed by atoms with E-state index in [1.165, 1.54) is 0 Å². The Hall–Kier alpha value is -2.79. The van der Waals surface area contributed by atoms with Crippen molar-refractivity contribution in [2.75, 3.05) is 0 Å². The number of carbonyl (C=O) groups excluding carboxylic acids is 1. The van der Waals surface area contributed by atoms with Crippen LogP contribution in [0, 0.1) is 6.07 Å². The molecule has 1 amide bonds. The van der Waals surface area contributed by atoms with Gasteiger partial charge < -0.3 is 10.3 Å². The monoisotopic (exact) mass is 521 g/mol. The minimum absolute atomic E-state index is 0.469. The minimum atomic E-state index is -0.469. The van der Waals surface area contributed by atoms with Crippen molar-refractivity contribution >= 4 is 66.8 Å². The van der Waals surface area contributed by atoms with Gasteiger partial charge in [-0.25, -0.2) is 0 Å². The number of rotatable bonds is 4. The maximum absolute atomic E-state index is 12.2. The Kier molecular flexibility index (Phi) is 5.46. The number of primary amides is 1. The highest BCUT2D eigenvalue weighted by Gasteiger charge is 2.18. The molecule has 0 aliphatic rings. The molecule has 0 saturated heterocycles. The summed E-state index contributed by atoms with van der Waals surface area (Å²) in [7, 11) is 0. The second-order valence-corrected chi connectivity index (χ2v) is 9.26. The van der Waals surface area contributed by atoms with E-state index < -0.39 is 5.91 Å². The lowest BCUT2D eigenvalue weighted by molar-refractivity contribution is 0.100. The molecule has 1 aromatic heterocycles. The number of amides is 1. The van der Waals surface area contributed by atoms with E-state index in [1.54, 1.807) is 6.07 Å². The van der Waals surface area contributed by atoms with Crippen LogP contribution >= 0.6 is 39.1 Å². The molecule has 0 unspecified atom stereocenters. The summed E-state index contributed by atoms with van der Waals surface area (Å²) in [6.07, 6.45) is 0. The Morgan fingerprint density at radius 1 is 0.969 bits per heavy atom. The molecule has 1 heterocycles. The van der Waals surface area contributed by atoms with Gasteiger partial charge in [0.1, 0.15) is 0 Å². The van der Waals surface area contributed by atoms with Crippen molar-refractivity contribution < 1.29 is 4.79 Å². The lowest BCUT2D eigenvalue weighted by Gasteiger charge is -2.11. The van der Waals surface area contributed by atoms with Gasteiger partial charge in [-0.3, -0.25) is 4.79 Å².